The molecule has 132 valence electrons. The summed E-state index contributed by atoms with van der Waals surface area (Å²) in [6, 6.07) is 10.7. The van der Waals surface area contributed by atoms with Crippen molar-refractivity contribution in [1.82, 2.24) is 9.88 Å². The lowest BCUT2D eigenvalue weighted by atomic mass is 10.3. The van der Waals surface area contributed by atoms with Gasteiger partial charge in [0.25, 0.3) is 5.91 Å². The van der Waals surface area contributed by atoms with Gasteiger partial charge < -0.3 is 19.1 Å². The van der Waals surface area contributed by atoms with Gasteiger partial charge in [-0.15, -0.1) is 0 Å². The number of amides is 1. The molecule has 0 saturated carbocycles. The Morgan fingerprint density at radius 2 is 2.08 bits per heavy atom. The summed E-state index contributed by atoms with van der Waals surface area (Å²) in [4.78, 5) is 18.5. The third-order valence-electron chi connectivity index (χ3n) is 4.07. The molecule has 6 heteroatoms. The predicted molar refractivity (Wildman–Crippen MR) is 93.2 cm³/mol. The normalized spacial score (nSPS) is 16.7. The van der Waals surface area contributed by atoms with Crippen molar-refractivity contribution >= 4 is 5.91 Å². The molecule has 1 aliphatic heterocycles. The zero-order valence-corrected chi connectivity index (χ0v) is 14.5. The highest BCUT2D eigenvalue weighted by atomic mass is 16.5. The highest BCUT2D eigenvalue weighted by Crippen LogP contribution is 2.25. The summed E-state index contributed by atoms with van der Waals surface area (Å²) in [6.07, 6.45) is 2.56. The van der Waals surface area contributed by atoms with Crippen LogP contribution in [0.2, 0.25) is 0 Å². The van der Waals surface area contributed by atoms with E-state index in [-0.39, 0.29) is 12.0 Å². The molecule has 25 heavy (non-hydrogen) atoms. The Kier molecular flexibility index (Phi) is 5.50. The Morgan fingerprint density at radius 1 is 1.24 bits per heavy atom. The van der Waals surface area contributed by atoms with Gasteiger partial charge in [-0.05, 0) is 37.6 Å². The summed E-state index contributed by atoms with van der Waals surface area (Å²) in [5, 5.41) is 0. The van der Waals surface area contributed by atoms with E-state index in [2.05, 4.69) is 4.98 Å². The summed E-state index contributed by atoms with van der Waals surface area (Å²) in [7, 11) is 1.61. The number of nitrogens with zero attached hydrogens (tertiary/aromatic N) is 2. The second kappa shape index (κ2) is 7.98. The van der Waals surface area contributed by atoms with Gasteiger partial charge in [-0.1, -0.05) is 6.07 Å². The van der Waals surface area contributed by atoms with Crippen LogP contribution >= 0.6 is 0 Å². The fraction of sp³-hybridized carbons (Fsp3) is 0.368. The Balaban J connectivity index is 1.63. The van der Waals surface area contributed by atoms with Crippen LogP contribution in [0.4, 0.5) is 0 Å². The van der Waals surface area contributed by atoms with E-state index >= 15 is 0 Å². The summed E-state index contributed by atoms with van der Waals surface area (Å²) >= 11 is 0. The second-order valence-corrected chi connectivity index (χ2v) is 5.78. The lowest BCUT2D eigenvalue weighted by Gasteiger charge is -2.16. The Labute approximate surface area is 147 Å². The zero-order valence-electron chi connectivity index (χ0n) is 14.5. The van der Waals surface area contributed by atoms with Gasteiger partial charge in [0.1, 0.15) is 22.9 Å². The number of hydrogen-bond acceptors (Lipinski definition) is 5. The second-order valence-electron chi connectivity index (χ2n) is 5.78. The van der Waals surface area contributed by atoms with Crippen LogP contribution in [0.15, 0.2) is 42.6 Å². The molecule has 1 aromatic carbocycles. The average molecular weight is 342 g/mol. The molecule has 1 amide bonds. The number of benzene rings is 1. The van der Waals surface area contributed by atoms with Crippen molar-refractivity contribution in [3.8, 4) is 17.2 Å². The summed E-state index contributed by atoms with van der Waals surface area (Å²) < 4.78 is 16.5. The lowest BCUT2D eigenvalue weighted by Crippen LogP contribution is -2.30. The van der Waals surface area contributed by atoms with Crippen LogP contribution in [0.25, 0.3) is 0 Å². The van der Waals surface area contributed by atoms with Gasteiger partial charge in [-0.3, -0.25) is 4.79 Å². The van der Waals surface area contributed by atoms with E-state index in [0.29, 0.717) is 36.9 Å². The van der Waals surface area contributed by atoms with Crippen molar-refractivity contribution < 1.29 is 19.0 Å². The fourth-order valence-electron chi connectivity index (χ4n) is 2.81. The summed E-state index contributed by atoms with van der Waals surface area (Å²) in [5.41, 5.74) is 0.412. The smallest absolute Gasteiger partial charge is 0.272 e. The number of carbonyl (C=O) groups is 1. The van der Waals surface area contributed by atoms with Crippen molar-refractivity contribution in [3.63, 3.8) is 0 Å². The molecule has 0 radical (unpaired) electrons. The van der Waals surface area contributed by atoms with Gasteiger partial charge in [-0.25, -0.2) is 4.98 Å². The minimum Gasteiger partial charge on any atom is -0.497 e. The molecule has 0 unspecified atom stereocenters. The maximum absolute atomic E-state index is 12.5. The topological polar surface area (TPSA) is 60.9 Å². The zero-order chi connectivity index (χ0) is 17.6. The van der Waals surface area contributed by atoms with Crippen LogP contribution in [-0.4, -0.2) is 48.7 Å². The van der Waals surface area contributed by atoms with Gasteiger partial charge in [0, 0.05) is 25.8 Å². The summed E-state index contributed by atoms with van der Waals surface area (Å²) in [6.45, 7) is 3.96. The molecule has 0 bridgehead atoms. The molecule has 1 atom stereocenters. The van der Waals surface area contributed by atoms with E-state index < -0.39 is 0 Å². The molecular formula is C19H22N2O4. The van der Waals surface area contributed by atoms with Gasteiger partial charge in [0.05, 0.1) is 19.4 Å². The monoisotopic (exact) mass is 342 g/mol. The van der Waals surface area contributed by atoms with Crippen molar-refractivity contribution in [2.45, 2.75) is 19.4 Å². The lowest BCUT2D eigenvalue weighted by molar-refractivity contribution is 0.0595. The highest BCUT2D eigenvalue weighted by Gasteiger charge is 2.27. The molecule has 1 aliphatic rings. The van der Waals surface area contributed by atoms with Crippen LogP contribution in [0, 0.1) is 0 Å². The third kappa shape index (κ3) is 4.28. The van der Waals surface area contributed by atoms with Crippen LogP contribution in [0.1, 0.15) is 23.8 Å². The molecule has 2 heterocycles. The largest absolute Gasteiger partial charge is 0.497 e. The molecule has 1 fully saturated rings. The molecule has 1 aromatic heterocycles. The minimum absolute atomic E-state index is 0.0740. The first-order valence-corrected chi connectivity index (χ1v) is 8.38. The molecular weight excluding hydrogens is 320 g/mol. The van der Waals surface area contributed by atoms with Crippen LogP contribution < -0.4 is 9.47 Å². The molecule has 0 spiro atoms. The molecule has 3 rings (SSSR count). The third-order valence-corrected chi connectivity index (χ3v) is 4.07. The number of methoxy groups -OCH3 is 1. The molecule has 0 aliphatic carbocycles. The maximum atomic E-state index is 12.5. The first-order valence-electron chi connectivity index (χ1n) is 8.38. The van der Waals surface area contributed by atoms with Gasteiger partial charge in [-0.2, -0.15) is 0 Å². The predicted octanol–water partition coefficient (Wildman–Crippen LogP) is 3.13. The fourth-order valence-corrected chi connectivity index (χ4v) is 2.81. The highest BCUT2D eigenvalue weighted by molar-refractivity contribution is 5.92. The number of likely N-dealkylation sites (tertiary alicyclic amines) is 1. The first-order chi connectivity index (χ1) is 12.2. The van der Waals surface area contributed by atoms with Gasteiger partial charge in [0.15, 0.2) is 0 Å². The van der Waals surface area contributed by atoms with Gasteiger partial charge in [0.2, 0.25) is 0 Å². The number of rotatable bonds is 6. The quantitative estimate of drug-likeness (QED) is 0.807. The van der Waals surface area contributed by atoms with E-state index in [0.717, 1.165) is 12.2 Å². The van der Waals surface area contributed by atoms with Crippen LogP contribution in [0.3, 0.4) is 0 Å². The summed E-state index contributed by atoms with van der Waals surface area (Å²) in [5.74, 6) is 1.86. The number of ether oxygens (including phenoxy) is 3. The van der Waals surface area contributed by atoms with E-state index in [1.807, 2.05) is 25.1 Å². The van der Waals surface area contributed by atoms with Crippen molar-refractivity contribution in [1.29, 1.82) is 0 Å². The number of carbonyl (C=O) groups excluding carboxylic acids is 1. The average Bonchev–Trinajstić information content (AvgIpc) is 3.11. The number of aromatic nitrogens is 1. The minimum atomic E-state index is -0.0740. The van der Waals surface area contributed by atoms with E-state index in [1.165, 1.54) is 0 Å². The van der Waals surface area contributed by atoms with E-state index in [9.17, 15) is 4.79 Å². The first kappa shape index (κ1) is 17.2. The molecule has 1 saturated heterocycles. The van der Waals surface area contributed by atoms with Crippen LogP contribution in [0.5, 0.6) is 17.2 Å². The maximum Gasteiger partial charge on any atom is 0.272 e. The Bertz CT molecular complexity index is 718. The molecule has 2 aromatic rings. The number of pyridine rings is 1. The Hall–Kier alpha value is -2.60. The van der Waals surface area contributed by atoms with Gasteiger partial charge >= 0.3 is 0 Å². The van der Waals surface area contributed by atoms with E-state index in [4.69, 9.17) is 14.2 Å². The van der Waals surface area contributed by atoms with Crippen molar-refractivity contribution in [3.05, 3.63) is 48.3 Å². The number of hydrogen-bond donors (Lipinski definition) is 0. The van der Waals surface area contributed by atoms with E-state index in [1.54, 1.807) is 36.4 Å². The molecule has 6 nitrogen and oxygen atoms in total. The van der Waals surface area contributed by atoms with Crippen molar-refractivity contribution in [2.75, 3.05) is 26.8 Å². The van der Waals surface area contributed by atoms with Crippen molar-refractivity contribution in [2.24, 2.45) is 0 Å². The Morgan fingerprint density at radius 3 is 2.80 bits per heavy atom. The standard InChI is InChI=1S/C19H22N2O4/c1-3-24-17-9-10-21(13-17)19(22)18-8-7-16(12-20-18)25-15-6-4-5-14(11-15)23-2/h4-8,11-12,17H,3,9-10,13H2,1-2H3/t17-/m0/s1. The SMILES string of the molecule is CCO[C@H]1CCN(C(=O)c2ccc(Oc3cccc(OC)c3)cn2)C1. The van der Waals surface area contributed by atoms with Crippen LogP contribution in [-0.2, 0) is 4.74 Å². The molecule has 0 N–H and O–H groups in total.